The van der Waals surface area contributed by atoms with Crippen molar-refractivity contribution in [3.63, 3.8) is 0 Å². The highest BCUT2D eigenvalue weighted by atomic mass is 19.1. The molecular weight excluding hydrogens is 369 g/mol. The SMILES string of the molecule is O=[N+]([O-])c1ccc(F)cc1O[C@H]1CCc2ccc3c(ccc4ccccc43)c2C1. The second-order valence-corrected chi connectivity index (χ2v) is 7.44. The lowest BCUT2D eigenvalue weighted by Gasteiger charge is -2.27. The lowest BCUT2D eigenvalue weighted by molar-refractivity contribution is -0.386. The quantitative estimate of drug-likeness (QED) is 0.247. The summed E-state index contributed by atoms with van der Waals surface area (Å²) in [6, 6.07) is 20.2. The summed E-state index contributed by atoms with van der Waals surface area (Å²) in [5.74, 6) is -0.548. The Morgan fingerprint density at radius 1 is 0.966 bits per heavy atom. The maximum absolute atomic E-state index is 13.7. The van der Waals surface area contributed by atoms with Gasteiger partial charge >= 0.3 is 5.69 Å². The van der Waals surface area contributed by atoms with Crippen molar-refractivity contribution in [1.29, 1.82) is 0 Å². The van der Waals surface area contributed by atoms with Gasteiger partial charge in [0, 0.05) is 18.6 Å². The van der Waals surface area contributed by atoms with Crippen LogP contribution in [-0.4, -0.2) is 11.0 Å². The normalized spacial score (nSPS) is 16.0. The van der Waals surface area contributed by atoms with Gasteiger partial charge in [-0.25, -0.2) is 4.39 Å². The molecule has 0 unspecified atom stereocenters. The van der Waals surface area contributed by atoms with Crippen molar-refractivity contribution in [3.8, 4) is 5.75 Å². The van der Waals surface area contributed by atoms with E-state index in [2.05, 4.69) is 36.4 Å². The van der Waals surface area contributed by atoms with Crippen molar-refractivity contribution in [1.82, 2.24) is 0 Å². The minimum Gasteiger partial charge on any atom is -0.483 e. The first-order valence-corrected chi connectivity index (χ1v) is 9.63. The van der Waals surface area contributed by atoms with Crippen LogP contribution in [0.15, 0.2) is 66.7 Å². The van der Waals surface area contributed by atoms with Gasteiger partial charge in [-0.2, -0.15) is 0 Å². The number of hydrogen-bond acceptors (Lipinski definition) is 3. The van der Waals surface area contributed by atoms with Gasteiger partial charge in [0.05, 0.1) is 4.92 Å². The fourth-order valence-corrected chi connectivity index (χ4v) is 4.33. The second-order valence-electron chi connectivity index (χ2n) is 7.44. The van der Waals surface area contributed by atoms with Gasteiger partial charge in [0.25, 0.3) is 0 Å². The highest BCUT2D eigenvalue weighted by molar-refractivity contribution is 6.08. The Labute approximate surface area is 166 Å². The molecule has 0 bridgehead atoms. The predicted molar refractivity (Wildman–Crippen MR) is 111 cm³/mol. The van der Waals surface area contributed by atoms with Crippen LogP contribution in [0.2, 0.25) is 0 Å². The summed E-state index contributed by atoms with van der Waals surface area (Å²) in [6.07, 6.45) is 1.96. The fraction of sp³-hybridized carbons (Fsp3) is 0.167. The Hall–Kier alpha value is -3.47. The third kappa shape index (κ3) is 3.09. The van der Waals surface area contributed by atoms with Crippen LogP contribution in [0.25, 0.3) is 21.5 Å². The van der Waals surface area contributed by atoms with Crippen molar-refractivity contribution < 1.29 is 14.1 Å². The molecule has 0 heterocycles. The third-order valence-electron chi connectivity index (χ3n) is 5.71. The monoisotopic (exact) mass is 387 g/mol. The average molecular weight is 387 g/mol. The first kappa shape index (κ1) is 17.6. The van der Waals surface area contributed by atoms with Crippen LogP contribution in [0.4, 0.5) is 10.1 Å². The van der Waals surface area contributed by atoms with E-state index in [1.54, 1.807) is 0 Å². The zero-order chi connectivity index (χ0) is 20.0. The van der Waals surface area contributed by atoms with E-state index < -0.39 is 10.7 Å². The molecule has 1 aliphatic rings. The van der Waals surface area contributed by atoms with Crippen LogP contribution in [0.1, 0.15) is 17.5 Å². The summed E-state index contributed by atoms with van der Waals surface area (Å²) < 4.78 is 19.6. The number of rotatable bonds is 3. The van der Waals surface area contributed by atoms with E-state index >= 15 is 0 Å². The summed E-state index contributed by atoms with van der Waals surface area (Å²) in [6.45, 7) is 0. The Morgan fingerprint density at radius 2 is 1.79 bits per heavy atom. The van der Waals surface area contributed by atoms with E-state index in [-0.39, 0.29) is 17.5 Å². The van der Waals surface area contributed by atoms with Gasteiger partial charge in [0.2, 0.25) is 0 Å². The predicted octanol–water partition coefficient (Wildman–Crippen LogP) is 5.98. The maximum Gasteiger partial charge on any atom is 0.311 e. The zero-order valence-electron chi connectivity index (χ0n) is 15.6. The smallest absolute Gasteiger partial charge is 0.311 e. The van der Waals surface area contributed by atoms with E-state index in [1.165, 1.54) is 32.7 Å². The molecule has 5 rings (SSSR count). The molecular formula is C24H18FNO3. The molecule has 0 fully saturated rings. The van der Waals surface area contributed by atoms with E-state index in [4.69, 9.17) is 4.74 Å². The van der Waals surface area contributed by atoms with Crippen LogP contribution in [0.3, 0.4) is 0 Å². The Kier molecular flexibility index (Phi) is 4.16. The molecule has 0 N–H and O–H groups in total. The van der Waals surface area contributed by atoms with Gasteiger partial charge < -0.3 is 4.74 Å². The number of fused-ring (bicyclic) bond motifs is 5. The molecule has 144 valence electrons. The van der Waals surface area contributed by atoms with Gasteiger partial charge in [0.1, 0.15) is 11.9 Å². The lowest BCUT2D eigenvalue weighted by Crippen LogP contribution is -2.25. The van der Waals surface area contributed by atoms with Crippen LogP contribution in [-0.2, 0) is 12.8 Å². The van der Waals surface area contributed by atoms with Crippen LogP contribution in [0.5, 0.6) is 5.75 Å². The maximum atomic E-state index is 13.7. The third-order valence-corrected chi connectivity index (χ3v) is 5.71. The lowest BCUT2D eigenvalue weighted by atomic mass is 9.85. The van der Waals surface area contributed by atoms with Gasteiger partial charge in [0.15, 0.2) is 5.75 Å². The summed E-state index contributed by atoms with van der Waals surface area (Å²) in [7, 11) is 0. The van der Waals surface area contributed by atoms with Gasteiger partial charge in [-0.3, -0.25) is 10.1 Å². The Balaban J connectivity index is 1.54. The minimum atomic E-state index is -0.543. The van der Waals surface area contributed by atoms with Crippen molar-refractivity contribution in [2.75, 3.05) is 0 Å². The molecule has 0 aromatic heterocycles. The molecule has 1 aliphatic carbocycles. The number of nitrogens with zero attached hydrogens (tertiary/aromatic N) is 1. The number of halogens is 1. The Bertz CT molecular complexity index is 1270. The topological polar surface area (TPSA) is 52.4 Å². The van der Waals surface area contributed by atoms with Crippen molar-refractivity contribution in [3.05, 3.63) is 93.8 Å². The summed E-state index contributed by atoms with van der Waals surface area (Å²) >= 11 is 0. The highest BCUT2D eigenvalue weighted by Crippen LogP contribution is 2.36. The number of nitro benzene ring substituents is 1. The van der Waals surface area contributed by atoms with Crippen molar-refractivity contribution >= 4 is 27.2 Å². The second kappa shape index (κ2) is 6.85. The molecule has 0 spiro atoms. The van der Waals surface area contributed by atoms with Gasteiger partial charge in [-0.15, -0.1) is 0 Å². The molecule has 0 radical (unpaired) electrons. The minimum absolute atomic E-state index is 0.00543. The molecule has 4 aromatic carbocycles. The largest absolute Gasteiger partial charge is 0.483 e. The molecule has 4 aromatic rings. The standard InChI is InChI=1S/C24H18FNO3/c25-17-8-12-23(26(27)28)24(13-17)29-18-9-5-16-7-10-20-19-4-2-1-3-15(19)6-11-21(20)22(16)14-18/h1-4,6-8,10-13,18H,5,9,14H2/t18-/m0/s1. The number of ether oxygens (including phenoxy) is 1. The molecule has 0 saturated heterocycles. The summed E-state index contributed by atoms with van der Waals surface area (Å²) in [5, 5.41) is 16.1. The van der Waals surface area contributed by atoms with Gasteiger partial charge in [-0.05, 0) is 51.6 Å². The van der Waals surface area contributed by atoms with E-state index in [9.17, 15) is 14.5 Å². The summed E-state index contributed by atoms with van der Waals surface area (Å²) in [5.41, 5.74) is 2.28. The van der Waals surface area contributed by atoms with Crippen LogP contribution in [0, 0.1) is 15.9 Å². The molecule has 0 amide bonds. The number of nitro groups is 1. The first-order chi connectivity index (χ1) is 14.1. The van der Waals surface area contributed by atoms with Crippen molar-refractivity contribution in [2.24, 2.45) is 0 Å². The Morgan fingerprint density at radius 3 is 2.66 bits per heavy atom. The van der Waals surface area contributed by atoms with E-state index in [0.717, 1.165) is 31.0 Å². The summed E-state index contributed by atoms with van der Waals surface area (Å²) in [4.78, 5) is 10.7. The van der Waals surface area contributed by atoms with E-state index in [1.807, 2.05) is 12.1 Å². The van der Waals surface area contributed by atoms with Crippen molar-refractivity contribution in [2.45, 2.75) is 25.4 Å². The van der Waals surface area contributed by atoms with Crippen LogP contribution >= 0.6 is 0 Å². The molecule has 29 heavy (non-hydrogen) atoms. The highest BCUT2D eigenvalue weighted by Gasteiger charge is 2.25. The molecule has 4 nitrogen and oxygen atoms in total. The molecule has 0 aliphatic heterocycles. The molecule has 0 saturated carbocycles. The van der Waals surface area contributed by atoms with Gasteiger partial charge in [-0.1, -0.05) is 48.5 Å². The number of hydrogen-bond donors (Lipinski definition) is 0. The molecule has 5 heteroatoms. The fourth-order valence-electron chi connectivity index (χ4n) is 4.33. The first-order valence-electron chi connectivity index (χ1n) is 9.63. The number of benzene rings is 4. The van der Waals surface area contributed by atoms with E-state index in [0.29, 0.717) is 6.42 Å². The number of aryl methyl sites for hydroxylation is 1. The molecule has 1 atom stereocenters. The average Bonchev–Trinajstić information content (AvgIpc) is 2.73. The zero-order valence-corrected chi connectivity index (χ0v) is 15.6. The van der Waals surface area contributed by atoms with Crippen LogP contribution < -0.4 is 4.74 Å².